The highest BCUT2D eigenvalue weighted by Gasteiger charge is 2.46. The first-order chi connectivity index (χ1) is 9.28. The summed E-state index contributed by atoms with van der Waals surface area (Å²) in [5.41, 5.74) is 3.71. The van der Waals surface area contributed by atoms with Gasteiger partial charge in [-0.1, -0.05) is 49.4 Å². The third-order valence-corrected chi connectivity index (χ3v) is 4.19. The molecule has 0 radical (unpaired) electrons. The van der Waals surface area contributed by atoms with Crippen molar-refractivity contribution in [2.24, 2.45) is 0 Å². The molecule has 0 aromatic heterocycles. The number of fused-ring (bicyclic) bond motifs is 3. The van der Waals surface area contributed by atoms with Crippen molar-refractivity contribution in [3.05, 3.63) is 65.2 Å². The second-order valence-corrected chi connectivity index (χ2v) is 5.44. The van der Waals surface area contributed by atoms with Gasteiger partial charge in [-0.05, 0) is 23.1 Å². The standard InChI is InChI=1S/C17H16O2/c1-12-10-17(19-16-9-5-3-7-14(12)16)15-8-4-2-6-13(15)11-18-17/h2-9,12H,10-11H2,1H3/t12-,17-/m1/s1. The van der Waals surface area contributed by atoms with Crippen LogP contribution in [0.15, 0.2) is 48.5 Å². The van der Waals surface area contributed by atoms with Gasteiger partial charge in [-0.15, -0.1) is 0 Å². The average molecular weight is 252 g/mol. The SMILES string of the molecule is C[C@@H]1C[C@@]2(OCc3ccccc32)Oc2ccccc21. The van der Waals surface area contributed by atoms with E-state index in [-0.39, 0.29) is 0 Å². The maximum Gasteiger partial charge on any atom is 0.238 e. The van der Waals surface area contributed by atoms with E-state index in [1.807, 2.05) is 12.1 Å². The second kappa shape index (κ2) is 3.84. The molecule has 19 heavy (non-hydrogen) atoms. The third kappa shape index (κ3) is 1.53. The fourth-order valence-electron chi connectivity index (χ4n) is 3.26. The van der Waals surface area contributed by atoms with Crippen molar-refractivity contribution in [2.75, 3.05) is 0 Å². The van der Waals surface area contributed by atoms with Crippen molar-refractivity contribution in [1.29, 1.82) is 0 Å². The molecule has 2 atom stereocenters. The molecule has 1 spiro atoms. The highest BCUT2D eigenvalue weighted by atomic mass is 16.7. The van der Waals surface area contributed by atoms with E-state index in [1.54, 1.807) is 0 Å². The van der Waals surface area contributed by atoms with E-state index in [0.717, 1.165) is 12.2 Å². The van der Waals surface area contributed by atoms with Crippen LogP contribution in [0.5, 0.6) is 5.75 Å². The van der Waals surface area contributed by atoms with Gasteiger partial charge in [0.05, 0.1) is 6.61 Å². The summed E-state index contributed by atoms with van der Waals surface area (Å²) in [5.74, 6) is 0.818. The minimum atomic E-state index is -0.579. The Morgan fingerprint density at radius 1 is 1.05 bits per heavy atom. The molecular weight excluding hydrogens is 236 g/mol. The van der Waals surface area contributed by atoms with Crippen molar-refractivity contribution >= 4 is 0 Å². The molecule has 96 valence electrons. The molecule has 2 nitrogen and oxygen atoms in total. The van der Waals surface area contributed by atoms with Crippen molar-refractivity contribution in [3.63, 3.8) is 0 Å². The summed E-state index contributed by atoms with van der Waals surface area (Å²) in [6.45, 7) is 2.89. The Morgan fingerprint density at radius 3 is 2.79 bits per heavy atom. The molecule has 0 saturated heterocycles. The topological polar surface area (TPSA) is 18.5 Å². The number of benzene rings is 2. The van der Waals surface area contributed by atoms with Crippen LogP contribution in [-0.2, 0) is 17.1 Å². The number of rotatable bonds is 0. The van der Waals surface area contributed by atoms with Gasteiger partial charge in [0.1, 0.15) is 5.75 Å². The van der Waals surface area contributed by atoms with Crippen molar-refractivity contribution in [3.8, 4) is 5.75 Å². The molecule has 0 saturated carbocycles. The van der Waals surface area contributed by atoms with Crippen LogP contribution < -0.4 is 4.74 Å². The second-order valence-electron chi connectivity index (χ2n) is 5.44. The molecule has 0 aliphatic carbocycles. The van der Waals surface area contributed by atoms with Crippen LogP contribution in [-0.4, -0.2) is 0 Å². The van der Waals surface area contributed by atoms with Gasteiger partial charge in [-0.3, -0.25) is 0 Å². The molecule has 4 rings (SSSR count). The Balaban J connectivity index is 1.84. The van der Waals surface area contributed by atoms with E-state index < -0.39 is 5.79 Å². The van der Waals surface area contributed by atoms with Crippen LogP contribution in [0.4, 0.5) is 0 Å². The molecule has 0 N–H and O–H groups in total. The summed E-state index contributed by atoms with van der Waals surface area (Å²) in [4.78, 5) is 0. The highest BCUT2D eigenvalue weighted by Crippen LogP contribution is 2.49. The van der Waals surface area contributed by atoms with Gasteiger partial charge >= 0.3 is 0 Å². The van der Waals surface area contributed by atoms with Crippen LogP contribution in [0, 0.1) is 0 Å². The summed E-state index contributed by atoms with van der Waals surface area (Å²) >= 11 is 0. The number of para-hydroxylation sites is 1. The Labute approximate surface area is 113 Å². The molecule has 0 amide bonds. The minimum Gasteiger partial charge on any atom is -0.458 e. The Hall–Kier alpha value is -1.80. The number of hydrogen-bond donors (Lipinski definition) is 0. The molecule has 0 unspecified atom stereocenters. The zero-order valence-corrected chi connectivity index (χ0v) is 10.9. The van der Waals surface area contributed by atoms with Crippen molar-refractivity contribution < 1.29 is 9.47 Å². The Morgan fingerprint density at radius 2 is 1.84 bits per heavy atom. The monoisotopic (exact) mass is 252 g/mol. The molecule has 2 aliphatic rings. The molecule has 2 heteroatoms. The molecule has 0 bridgehead atoms. The van der Waals surface area contributed by atoms with Gasteiger partial charge in [0.25, 0.3) is 0 Å². The maximum absolute atomic E-state index is 6.26. The summed E-state index contributed by atoms with van der Waals surface area (Å²) in [5, 5.41) is 0. The highest BCUT2D eigenvalue weighted by molar-refractivity contribution is 5.43. The average Bonchev–Trinajstić information content (AvgIpc) is 2.78. The first kappa shape index (κ1) is 11.1. The van der Waals surface area contributed by atoms with Gasteiger partial charge in [0.15, 0.2) is 0 Å². The van der Waals surface area contributed by atoms with E-state index >= 15 is 0 Å². The van der Waals surface area contributed by atoms with Crippen molar-refractivity contribution in [2.45, 2.75) is 31.7 Å². The molecule has 2 aromatic carbocycles. The molecule has 2 aliphatic heterocycles. The molecule has 0 fully saturated rings. The Bertz CT molecular complexity index is 635. The van der Waals surface area contributed by atoms with Crippen LogP contribution in [0.3, 0.4) is 0 Å². The summed E-state index contributed by atoms with van der Waals surface area (Å²) in [6.07, 6.45) is 0.876. The maximum atomic E-state index is 6.26. The minimum absolute atomic E-state index is 0.441. The lowest BCUT2D eigenvalue weighted by Gasteiger charge is -2.38. The summed E-state index contributed by atoms with van der Waals surface area (Å²) in [6, 6.07) is 16.6. The lowest BCUT2D eigenvalue weighted by atomic mass is 9.86. The first-order valence-corrected chi connectivity index (χ1v) is 6.79. The number of hydrogen-bond acceptors (Lipinski definition) is 2. The molecule has 2 aromatic rings. The predicted molar refractivity (Wildman–Crippen MR) is 73.0 cm³/mol. The van der Waals surface area contributed by atoms with Crippen LogP contribution in [0.1, 0.15) is 36.0 Å². The van der Waals surface area contributed by atoms with E-state index in [0.29, 0.717) is 12.5 Å². The zero-order valence-electron chi connectivity index (χ0n) is 10.9. The van der Waals surface area contributed by atoms with Crippen LogP contribution >= 0.6 is 0 Å². The predicted octanol–water partition coefficient (Wildman–Crippen LogP) is 3.96. The van der Waals surface area contributed by atoms with Crippen LogP contribution in [0.2, 0.25) is 0 Å². The third-order valence-electron chi connectivity index (χ3n) is 4.19. The Kier molecular flexibility index (Phi) is 2.24. The van der Waals surface area contributed by atoms with Gasteiger partial charge in [0, 0.05) is 12.0 Å². The van der Waals surface area contributed by atoms with Gasteiger partial charge in [-0.2, -0.15) is 0 Å². The van der Waals surface area contributed by atoms with Crippen molar-refractivity contribution in [1.82, 2.24) is 0 Å². The lowest BCUT2D eigenvalue weighted by molar-refractivity contribution is -0.197. The van der Waals surface area contributed by atoms with E-state index in [2.05, 4.69) is 43.3 Å². The number of ether oxygens (including phenoxy) is 2. The fourth-order valence-corrected chi connectivity index (χ4v) is 3.26. The lowest BCUT2D eigenvalue weighted by Crippen LogP contribution is -2.37. The van der Waals surface area contributed by atoms with Gasteiger partial charge in [-0.25, -0.2) is 0 Å². The first-order valence-electron chi connectivity index (χ1n) is 6.79. The summed E-state index contributed by atoms with van der Waals surface area (Å²) in [7, 11) is 0. The van der Waals surface area contributed by atoms with Gasteiger partial charge in [0.2, 0.25) is 5.79 Å². The van der Waals surface area contributed by atoms with Crippen LogP contribution in [0.25, 0.3) is 0 Å². The smallest absolute Gasteiger partial charge is 0.238 e. The largest absolute Gasteiger partial charge is 0.458 e. The summed E-state index contributed by atoms with van der Waals surface area (Å²) < 4.78 is 12.3. The normalized spacial score (nSPS) is 27.7. The van der Waals surface area contributed by atoms with E-state index in [4.69, 9.17) is 9.47 Å². The quantitative estimate of drug-likeness (QED) is 0.706. The van der Waals surface area contributed by atoms with E-state index in [9.17, 15) is 0 Å². The molecule has 2 heterocycles. The molecular formula is C17H16O2. The van der Waals surface area contributed by atoms with E-state index in [1.165, 1.54) is 16.7 Å². The zero-order chi connectivity index (χ0) is 12.9. The fraction of sp³-hybridized carbons (Fsp3) is 0.294. The van der Waals surface area contributed by atoms with Gasteiger partial charge < -0.3 is 9.47 Å².